The van der Waals surface area contributed by atoms with E-state index >= 15 is 0 Å². The van der Waals surface area contributed by atoms with Gasteiger partial charge in [-0.05, 0) is 37.4 Å². The highest BCUT2D eigenvalue weighted by molar-refractivity contribution is 7.98. The Bertz CT molecular complexity index is 709. The molecule has 1 amide bonds. The minimum absolute atomic E-state index is 0.323. The summed E-state index contributed by atoms with van der Waals surface area (Å²) in [5, 5.41) is 3.56. The van der Waals surface area contributed by atoms with Crippen molar-refractivity contribution >= 4 is 41.1 Å². The van der Waals surface area contributed by atoms with Crippen molar-refractivity contribution in [3.8, 4) is 0 Å². The van der Waals surface area contributed by atoms with Gasteiger partial charge in [-0.1, -0.05) is 11.6 Å². The van der Waals surface area contributed by atoms with Crippen molar-refractivity contribution in [2.45, 2.75) is 18.1 Å². The van der Waals surface area contributed by atoms with Gasteiger partial charge in [0.1, 0.15) is 10.8 Å². The first kappa shape index (κ1) is 17.2. The largest absolute Gasteiger partial charge is 0.449 e. The quantitative estimate of drug-likeness (QED) is 0.658. The zero-order valence-electron chi connectivity index (χ0n) is 12.4. The summed E-state index contributed by atoms with van der Waals surface area (Å²) in [4.78, 5) is 32.2. The number of carbonyl (C=O) groups excluding carboxylic acids is 2. The van der Waals surface area contributed by atoms with Crippen LogP contribution in [0, 0.1) is 0 Å². The number of hydrogen-bond acceptors (Lipinski definition) is 6. The van der Waals surface area contributed by atoms with Crippen molar-refractivity contribution < 1.29 is 14.3 Å². The standard InChI is InChI=1S/C15H14ClN3O3S/c1-9(13(20)19-12-6-5-10(16)8-18-12)22-15(21)11-4-3-7-17-14(11)23-2/h3-9H,1-2H3,(H,18,19,20)/t9-/m0/s1. The van der Waals surface area contributed by atoms with Gasteiger partial charge < -0.3 is 10.1 Å². The Hall–Kier alpha value is -2.12. The van der Waals surface area contributed by atoms with Crippen LogP contribution in [0.1, 0.15) is 17.3 Å². The van der Waals surface area contributed by atoms with Crippen LogP contribution >= 0.6 is 23.4 Å². The smallest absolute Gasteiger partial charge is 0.341 e. The van der Waals surface area contributed by atoms with Crippen molar-refractivity contribution in [2.75, 3.05) is 11.6 Å². The molecule has 23 heavy (non-hydrogen) atoms. The number of aromatic nitrogens is 2. The van der Waals surface area contributed by atoms with E-state index in [1.165, 1.54) is 24.9 Å². The molecular weight excluding hydrogens is 338 g/mol. The Kier molecular flexibility index (Phi) is 5.95. The maximum Gasteiger partial charge on any atom is 0.341 e. The zero-order valence-corrected chi connectivity index (χ0v) is 14.0. The lowest BCUT2D eigenvalue weighted by molar-refractivity contribution is -0.123. The van der Waals surface area contributed by atoms with Crippen LogP contribution in [0.2, 0.25) is 5.02 Å². The van der Waals surface area contributed by atoms with E-state index in [1.54, 1.807) is 36.7 Å². The van der Waals surface area contributed by atoms with Gasteiger partial charge in [-0.2, -0.15) is 0 Å². The number of nitrogens with one attached hydrogen (secondary N) is 1. The van der Waals surface area contributed by atoms with Crippen molar-refractivity contribution in [3.63, 3.8) is 0 Å². The number of rotatable bonds is 5. The van der Waals surface area contributed by atoms with Crippen LogP contribution in [0.3, 0.4) is 0 Å². The molecule has 0 fully saturated rings. The SMILES string of the molecule is CSc1ncccc1C(=O)O[C@@H](C)C(=O)Nc1ccc(Cl)cn1. The zero-order chi connectivity index (χ0) is 16.8. The lowest BCUT2D eigenvalue weighted by atomic mass is 10.3. The molecule has 2 rings (SSSR count). The van der Waals surface area contributed by atoms with E-state index in [1.807, 2.05) is 0 Å². The van der Waals surface area contributed by atoms with Crippen LogP contribution in [-0.2, 0) is 9.53 Å². The normalized spacial score (nSPS) is 11.6. The molecule has 0 aliphatic heterocycles. The first-order valence-electron chi connectivity index (χ1n) is 6.63. The van der Waals surface area contributed by atoms with Crippen LogP contribution < -0.4 is 5.32 Å². The molecule has 2 aromatic rings. The third-order valence-corrected chi connectivity index (χ3v) is 3.75. The minimum Gasteiger partial charge on any atom is -0.449 e. The minimum atomic E-state index is -0.977. The highest BCUT2D eigenvalue weighted by Crippen LogP contribution is 2.18. The number of nitrogens with zero attached hydrogens (tertiary/aromatic N) is 2. The monoisotopic (exact) mass is 351 g/mol. The Morgan fingerprint density at radius 3 is 2.74 bits per heavy atom. The predicted octanol–water partition coefficient (Wildman–Crippen LogP) is 3.04. The van der Waals surface area contributed by atoms with Gasteiger partial charge in [-0.3, -0.25) is 4.79 Å². The topological polar surface area (TPSA) is 81.2 Å². The van der Waals surface area contributed by atoms with Gasteiger partial charge >= 0.3 is 5.97 Å². The molecule has 0 aliphatic rings. The van der Waals surface area contributed by atoms with Gasteiger partial charge in [-0.15, -0.1) is 11.8 Å². The van der Waals surface area contributed by atoms with E-state index < -0.39 is 18.0 Å². The number of thioether (sulfide) groups is 1. The molecular formula is C15H14ClN3O3S. The molecule has 0 unspecified atom stereocenters. The number of halogens is 1. The summed E-state index contributed by atoms with van der Waals surface area (Å²) < 4.78 is 5.18. The molecule has 0 saturated carbocycles. The predicted molar refractivity (Wildman–Crippen MR) is 88.8 cm³/mol. The second-order valence-electron chi connectivity index (χ2n) is 4.46. The van der Waals surface area contributed by atoms with Crippen molar-refractivity contribution in [1.29, 1.82) is 0 Å². The Morgan fingerprint density at radius 2 is 2.09 bits per heavy atom. The van der Waals surface area contributed by atoms with Gasteiger partial charge in [0.15, 0.2) is 6.10 Å². The molecule has 0 bridgehead atoms. The van der Waals surface area contributed by atoms with Gasteiger partial charge in [0, 0.05) is 12.4 Å². The molecule has 2 aromatic heterocycles. The Balaban J connectivity index is 2.00. The number of hydrogen-bond donors (Lipinski definition) is 1. The van der Waals surface area contributed by atoms with Crippen LogP contribution in [0.25, 0.3) is 0 Å². The molecule has 120 valence electrons. The van der Waals surface area contributed by atoms with E-state index in [0.717, 1.165) is 0 Å². The molecule has 0 aliphatic carbocycles. The molecule has 0 saturated heterocycles. The third kappa shape index (κ3) is 4.67. The first-order valence-corrected chi connectivity index (χ1v) is 8.24. The highest BCUT2D eigenvalue weighted by atomic mass is 35.5. The van der Waals surface area contributed by atoms with E-state index in [0.29, 0.717) is 21.4 Å². The lowest BCUT2D eigenvalue weighted by Crippen LogP contribution is -2.30. The summed E-state index contributed by atoms with van der Waals surface area (Å²) in [6.07, 6.45) is 3.83. The summed E-state index contributed by atoms with van der Waals surface area (Å²) in [6.45, 7) is 1.48. The summed E-state index contributed by atoms with van der Waals surface area (Å²) >= 11 is 7.05. The molecule has 6 nitrogen and oxygen atoms in total. The average Bonchev–Trinajstić information content (AvgIpc) is 2.56. The fourth-order valence-corrected chi connectivity index (χ4v) is 2.31. The van der Waals surface area contributed by atoms with E-state index in [-0.39, 0.29) is 0 Å². The Morgan fingerprint density at radius 1 is 1.30 bits per heavy atom. The molecule has 0 radical (unpaired) electrons. The number of pyridine rings is 2. The summed E-state index contributed by atoms with van der Waals surface area (Å²) in [7, 11) is 0. The number of esters is 1. The number of ether oxygens (including phenoxy) is 1. The lowest BCUT2D eigenvalue weighted by Gasteiger charge is -2.14. The van der Waals surface area contributed by atoms with Crippen LogP contribution in [0.15, 0.2) is 41.7 Å². The second kappa shape index (κ2) is 7.94. The molecule has 8 heteroatoms. The molecule has 2 heterocycles. The van der Waals surface area contributed by atoms with Crippen LogP contribution in [-0.4, -0.2) is 34.2 Å². The summed E-state index contributed by atoms with van der Waals surface area (Å²) in [5.41, 5.74) is 0.323. The maximum absolute atomic E-state index is 12.1. The number of carbonyl (C=O) groups is 2. The first-order chi connectivity index (χ1) is 11.0. The highest BCUT2D eigenvalue weighted by Gasteiger charge is 2.21. The fourth-order valence-electron chi connectivity index (χ4n) is 1.66. The summed E-state index contributed by atoms with van der Waals surface area (Å²) in [5.74, 6) is -0.759. The van der Waals surface area contributed by atoms with Gasteiger partial charge in [0.25, 0.3) is 5.91 Å². The van der Waals surface area contributed by atoms with Gasteiger partial charge in [0.05, 0.1) is 10.6 Å². The fraction of sp³-hybridized carbons (Fsp3) is 0.200. The second-order valence-corrected chi connectivity index (χ2v) is 5.69. The maximum atomic E-state index is 12.1. The van der Waals surface area contributed by atoms with Gasteiger partial charge in [-0.25, -0.2) is 14.8 Å². The number of anilines is 1. The van der Waals surface area contributed by atoms with Gasteiger partial charge in [0.2, 0.25) is 0 Å². The van der Waals surface area contributed by atoms with Crippen molar-refractivity contribution in [3.05, 3.63) is 47.2 Å². The number of amides is 1. The van der Waals surface area contributed by atoms with Crippen LogP contribution in [0.5, 0.6) is 0 Å². The third-order valence-electron chi connectivity index (χ3n) is 2.82. The van der Waals surface area contributed by atoms with E-state index in [9.17, 15) is 9.59 Å². The molecule has 1 N–H and O–H groups in total. The molecule has 0 aromatic carbocycles. The summed E-state index contributed by atoms with van der Waals surface area (Å²) in [6, 6.07) is 6.40. The van der Waals surface area contributed by atoms with E-state index in [2.05, 4.69) is 15.3 Å². The van der Waals surface area contributed by atoms with Crippen molar-refractivity contribution in [1.82, 2.24) is 9.97 Å². The van der Waals surface area contributed by atoms with E-state index in [4.69, 9.17) is 16.3 Å². The molecule has 0 spiro atoms. The van der Waals surface area contributed by atoms with Crippen LogP contribution in [0.4, 0.5) is 5.82 Å². The Labute approximate surface area is 142 Å². The molecule has 1 atom stereocenters. The average molecular weight is 352 g/mol. The van der Waals surface area contributed by atoms with Crippen molar-refractivity contribution in [2.24, 2.45) is 0 Å².